The van der Waals surface area contributed by atoms with Crippen molar-refractivity contribution in [1.29, 1.82) is 0 Å². The number of sulfonamides is 1. The summed E-state index contributed by atoms with van der Waals surface area (Å²) in [5, 5.41) is 3.16. The number of hydrogen-bond donors (Lipinski definition) is 3. The highest BCUT2D eigenvalue weighted by atomic mass is 32.2. The van der Waals surface area contributed by atoms with E-state index in [9.17, 15) is 13.2 Å². The summed E-state index contributed by atoms with van der Waals surface area (Å²) in [5.41, 5.74) is 6.38. The second kappa shape index (κ2) is 5.78. The first-order chi connectivity index (χ1) is 9.40. The van der Waals surface area contributed by atoms with Crippen LogP contribution in [0, 0.1) is 0 Å². The summed E-state index contributed by atoms with van der Waals surface area (Å²) >= 11 is 0. The minimum Gasteiger partial charge on any atom is -0.364 e. The third-order valence-electron chi connectivity index (χ3n) is 3.19. The molecule has 0 saturated carbocycles. The number of carbonyl (C=O) groups excluding carboxylic acids is 1. The van der Waals surface area contributed by atoms with Crippen molar-refractivity contribution in [3.63, 3.8) is 0 Å². The number of rotatable bonds is 5. The lowest BCUT2D eigenvalue weighted by Crippen LogP contribution is -2.29. The van der Waals surface area contributed by atoms with Crippen molar-refractivity contribution in [3.05, 3.63) is 29.6 Å². The van der Waals surface area contributed by atoms with Gasteiger partial charge in [-0.05, 0) is 19.0 Å². The van der Waals surface area contributed by atoms with Gasteiger partial charge in [-0.1, -0.05) is 11.6 Å². The maximum absolute atomic E-state index is 12.1. The molecule has 4 N–H and O–H groups in total. The molecule has 1 aromatic heterocycles. The monoisotopic (exact) mass is 298 g/mol. The van der Waals surface area contributed by atoms with Crippen molar-refractivity contribution < 1.29 is 13.2 Å². The molecule has 1 aromatic rings. The van der Waals surface area contributed by atoms with Gasteiger partial charge in [-0.15, -0.1) is 0 Å². The summed E-state index contributed by atoms with van der Waals surface area (Å²) in [5.74, 6) is -0.657. The Bertz CT molecular complexity index is 646. The molecule has 0 atom stereocenters. The number of aromatic nitrogens is 1. The number of carbonyl (C=O) groups is 1. The normalized spacial score (nSPS) is 15.9. The van der Waals surface area contributed by atoms with Gasteiger partial charge in [-0.25, -0.2) is 13.1 Å². The SMILES string of the molecule is Cn1cc(S(=O)(=O)NCC2=CCNCC2)cc1C(N)=O. The van der Waals surface area contributed by atoms with Gasteiger partial charge in [0, 0.05) is 26.3 Å². The Balaban J connectivity index is 2.12. The highest BCUT2D eigenvalue weighted by molar-refractivity contribution is 7.89. The van der Waals surface area contributed by atoms with Crippen LogP contribution in [0.5, 0.6) is 0 Å². The molecule has 0 saturated heterocycles. The van der Waals surface area contributed by atoms with E-state index in [0.29, 0.717) is 0 Å². The molecule has 8 heteroatoms. The average molecular weight is 298 g/mol. The lowest BCUT2D eigenvalue weighted by Gasteiger charge is -2.14. The second-order valence-corrected chi connectivity index (χ2v) is 6.44. The van der Waals surface area contributed by atoms with Crippen molar-refractivity contribution in [2.45, 2.75) is 11.3 Å². The standard InChI is InChI=1S/C12H18N4O3S/c1-16-8-10(6-11(16)12(13)17)20(18,19)15-7-9-2-4-14-5-3-9/h2,6,8,14-15H,3-5,7H2,1H3,(H2,13,17). The molecule has 0 fully saturated rings. The number of nitrogens with zero attached hydrogens (tertiary/aromatic N) is 1. The van der Waals surface area contributed by atoms with E-state index >= 15 is 0 Å². The molecule has 110 valence electrons. The lowest BCUT2D eigenvalue weighted by atomic mass is 10.1. The van der Waals surface area contributed by atoms with Crippen LogP contribution in [0.3, 0.4) is 0 Å². The molecule has 2 rings (SSSR count). The van der Waals surface area contributed by atoms with Gasteiger partial charge in [-0.3, -0.25) is 4.79 Å². The van der Waals surface area contributed by atoms with Crippen LogP contribution in [0.1, 0.15) is 16.9 Å². The van der Waals surface area contributed by atoms with E-state index in [1.54, 1.807) is 7.05 Å². The first kappa shape index (κ1) is 14.8. The third kappa shape index (κ3) is 3.27. The van der Waals surface area contributed by atoms with Gasteiger partial charge < -0.3 is 15.6 Å². The van der Waals surface area contributed by atoms with E-state index in [-0.39, 0.29) is 17.1 Å². The van der Waals surface area contributed by atoms with Gasteiger partial charge in [0.05, 0.1) is 0 Å². The van der Waals surface area contributed by atoms with Crippen LogP contribution in [-0.2, 0) is 17.1 Å². The quantitative estimate of drug-likeness (QED) is 0.626. The zero-order valence-corrected chi connectivity index (χ0v) is 12.0. The molecule has 20 heavy (non-hydrogen) atoms. The summed E-state index contributed by atoms with van der Waals surface area (Å²) < 4.78 is 28.2. The van der Waals surface area contributed by atoms with E-state index in [2.05, 4.69) is 10.0 Å². The first-order valence-corrected chi connectivity index (χ1v) is 7.73. The van der Waals surface area contributed by atoms with E-state index in [0.717, 1.165) is 25.1 Å². The van der Waals surface area contributed by atoms with E-state index < -0.39 is 15.9 Å². The van der Waals surface area contributed by atoms with Gasteiger partial charge in [0.2, 0.25) is 10.0 Å². The van der Waals surface area contributed by atoms with Crippen LogP contribution in [0.4, 0.5) is 0 Å². The van der Waals surface area contributed by atoms with Crippen LogP contribution in [-0.4, -0.2) is 38.5 Å². The molecular weight excluding hydrogens is 280 g/mol. The average Bonchev–Trinajstić information content (AvgIpc) is 2.81. The molecule has 0 aliphatic carbocycles. The molecule has 2 heterocycles. The molecule has 0 bridgehead atoms. The van der Waals surface area contributed by atoms with Gasteiger partial charge in [0.15, 0.2) is 0 Å². The maximum Gasteiger partial charge on any atom is 0.265 e. The highest BCUT2D eigenvalue weighted by Gasteiger charge is 2.19. The molecule has 1 amide bonds. The van der Waals surface area contributed by atoms with Gasteiger partial charge in [0.25, 0.3) is 5.91 Å². The maximum atomic E-state index is 12.1. The number of amides is 1. The number of nitrogens with two attached hydrogens (primary N) is 1. The van der Waals surface area contributed by atoms with E-state index in [1.165, 1.54) is 16.8 Å². The highest BCUT2D eigenvalue weighted by Crippen LogP contribution is 2.13. The van der Waals surface area contributed by atoms with Crippen molar-refractivity contribution in [1.82, 2.24) is 14.6 Å². The Morgan fingerprint density at radius 1 is 1.55 bits per heavy atom. The van der Waals surface area contributed by atoms with Crippen molar-refractivity contribution in [2.75, 3.05) is 19.6 Å². The number of nitrogens with one attached hydrogen (secondary N) is 2. The summed E-state index contributed by atoms with van der Waals surface area (Å²) in [6.45, 7) is 1.89. The Hall–Kier alpha value is -1.64. The van der Waals surface area contributed by atoms with E-state index in [4.69, 9.17) is 5.73 Å². The van der Waals surface area contributed by atoms with Gasteiger partial charge in [0.1, 0.15) is 10.6 Å². The van der Waals surface area contributed by atoms with Crippen LogP contribution >= 0.6 is 0 Å². The van der Waals surface area contributed by atoms with Gasteiger partial charge in [-0.2, -0.15) is 0 Å². The van der Waals surface area contributed by atoms with Crippen LogP contribution in [0.2, 0.25) is 0 Å². The first-order valence-electron chi connectivity index (χ1n) is 6.24. The van der Waals surface area contributed by atoms with Crippen molar-refractivity contribution in [2.24, 2.45) is 12.8 Å². The lowest BCUT2D eigenvalue weighted by molar-refractivity contribution is 0.0992. The predicted octanol–water partition coefficient (Wildman–Crippen LogP) is -0.678. The Morgan fingerprint density at radius 2 is 2.30 bits per heavy atom. The largest absolute Gasteiger partial charge is 0.364 e. The molecule has 1 aliphatic heterocycles. The molecular formula is C12H18N4O3S. The summed E-state index contributed by atoms with van der Waals surface area (Å²) in [7, 11) is -2.06. The molecule has 7 nitrogen and oxygen atoms in total. The Morgan fingerprint density at radius 3 is 2.85 bits per heavy atom. The number of primary amides is 1. The summed E-state index contributed by atoms with van der Waals surface area (Å²) in [4.78, 5) is 11.2. The Labute approximate surface area is 117 Å². The molecule has 0 unspecified atom stereocenters. The zero-order valence-electron chi connectivity index (χ0n) is 11.2. The summed E-state index contributed by atoms with van der Waals surface area (Å²) in [6, 6.07) is 1.28. The second-order valence-electron chi connectivity index (χ2n) is 4.68. The minimum absolute atomic E-state index is 0.0448. The molecule has 0 aromatic carbocycles. The number of aryl methyl sites for hydroxylation is 1. The summed E-state index contributed by atoms with van der Waals surface area (Å²) in [6.07, 6.45) is 4.18. The minimum atomic E-state index is -3.63. The predicted molar refractivity (Wildman–Crippen MR) is 74.7 cm³/mol. The molecule has 1 aliphatic rings. The molecule has 0 spiro atoms. The fraction of sp³-hybridized carbons (Fsp3) is 0.417. The van der Waals surface area contributed by atoms with Gasteiger partial charge >= 0.3 is 0 Å². The Kier molecular flexibility index (Phi) is 4.26. The fourth-order valence-electron chi connectivity index (χ4n) is 2.03. The van der Waals surface area contributed by atoms with Crippen LogP contribution < -0.4 is 15.8 Å². The van der Waals surface area contributed by atoms with Crippen LogP contribution in [0.15, 0.2) is 28.8 Å². The van der Waals surface area contributed by atoms with Crippen LogP contribution in [0.25, 0.3) is 0 Å². The smallest absolute Gasteiger partial charge is 0.265 e. The zero-order chi connectivity index (χ0) is 14.8. The van der Waals surface area contributed by atoms with Crippen molar-refractivity contribution >= 4 is 15.9 Å². The third-order valence-corrected chi connectivity index (χ3v) is 4.56. The fourth-order valence-corrected chi connectivity index (χ4v) is 3.13. The van der Waals surface area contributed by atoms with Crippen molar-refractivity contribution in [3.8, 4) is 0 Å². The topological polar surface area (TPSA) is 106 Å². The molecule has 0 radical (unpaired) electrons. The number of hydrogen-bond acceptors (Lipinski definition) is 4. The van der Waals surface area contributed by atoms with E-state index in [1.807, 2.05) is 6.08 Å².